The lowest BCUT2D eigenvalue weighted by atomic mass is 9.99. The van der Waals surface area contributed by atoms with E-state index >= 15 is 0 Å². The fourth-order valence-corrected chi connectivity index (χ4v) is 4.11. The third-order valence-electron chi connectivity index (χ3n) is 6.26. The van der Waals surface area contributed by atoms with E-state index in [2.05, 4.69) is 5.16 Å². The molecule has 0 N–H and O–H groups in total. The molecule has 0 radical (unpaired) electrons. The Labute approximate surface area is 209 Å². The van der Waals surface area contributed by atoms with Crippen LogP contribution in [0.5, 0.6) is 17.2 Å². The smallest absolute Gasteiger partial charge is 0.310 e. The molecule has 9 heteroatoms. The number of ether oxygens (including phenoxy) is 4. The van der Waals surface area contributed by atoms with Crippen LogP contribution in [0.3, 0.4) is 0 Å². The van der Waals surface area contributed by atoms with Crippen LogP contribution in [-0.4, -0.2) is 49.3 Å². The lowest BCUT2D eigenvalue weighted by molar-refractivity contribution is -0.151. The number of rotatable bonds is 9. The van der Waals surface area contributed by atoms with Crippen LogP contribution in [0.15, 0.2) is 40.9 Å². The van der Waals surface area contributed by atoms with Crippen LogP contribution >= 0.6 is 0 Å². The zero-order valence-electron chi connectivity index (χ0n) is 21.0. The molecule has 9 nitrogen and oxygen atoms in total. The van der Waals surface area contributed by atoms with E-state index in [1.165, 1.54) is 0 Å². The van der Waals surface area contributed by atoms with Crippen LogP contribution in [0.2, 0.25) is 0 Å². The first-order valence-corrected chi connectivity index (χ1v) is 11.7. The van der Waals surface area contributed by atoms with E-state index < -0.39 is 5.97 Å². The Balaban J connectivity index is 1.25. The summed E-state index contributed by atoms with van der Waals surface area (Å²) < 4.78 is 26.9. The number of aromatic nitrogens is 1. The van der Waals surface area contributed by atoms with Gasteiger partial charge in [0.15, 0.2) is 18.1 Å². The molecule has 0 unspecified atom stereocenters. The summed E-state index contributed by atoms with van der Waals surface area (Å²) in [7, 11) is 3.18. The summed E-state index contributed by atoms with van der Waals surface area (Å²) in [6.45, 7) is 4.76. The largest absolute Gasteiger partial charge is 0.493 e. The van der Waals surface area contributed by atoms with Crippen LogP contribution in [0.25, 0.3) is 0 Å². The second-order valence-corrected chi connectivity index (χ2v) is 8.61. The van der Waals surface area contributed by atoms with Gasteiger partial charge in [0, 0.05) is 13.1 Å². The summed E-state index contributed by atoms with van der Waals surface area (Å²) in [6, 6.07) is 11.0. The molecule has 0 spiro atoms. The van der Waals surface area contributed by atoms with Crippen molar-refractivity contribution >= 4 is 11.9 Å². The lowest BCUT2D eigenvalue weighted by Crippen LogP contribution is -2.38. The molecule has 0 bridgehead atoms. The van der Waals surface area contributed by atoms with Gasteiger partial charge >= 0.3 is 5.97 Å². The van der Waals surface area contributed by atoms with Gasteiger partial charge in [-0.3, -0.25) is 9.59 Å². The van der Waals surface area contributed by atoms with Crippen molar-refractivity contribution in [1.82, 2.24) is 10.1 Å². The van der Waals surface area contributed by atoms with Crippen LogP contribution in [0.1, 0.15) is 33.7 Å². The zero-order valence-corrected chi connectivity index (χ0v) is 21.0. The number of methoxy groups -OCH3 is 2. The molecular formula is C27H30N2O7. The van der Waals surface area contributed by atoms with Gasteiger partial charge in [-0.25, -0.2) is 0 Å². The third kappa shape index (κ3) is 5.79. The quantitative estimate of drug-likeness (QED) is 0.417. The average molecular weight is 495 g/mol. The first kappa shape index (κ1) is 25.1. The topological polar surface area (TPSA) is 100 Å². The van der Waals surface area contributed by atoms with E-state index in [-0.39, 0.29) is 18.9 Å². The molecule has 1 aliphatic heterocycles. The van der Waals surface area contributed by atoms with Crippen molar-refractivity contribution in [1.29, 1.82) is 0 Å². The van der Waals surface area contributed by atoms with Gasteiger partial charge in [-0.15, -0.1) is 0 Å². The minimum Gasteiger partial charge on any atom is -0.493 e. The molecule has 0 saturated carbocycles. The van der Waals surface area contributed by atoms with Crippen molar-refractivity contribution in [2.24, 2.45) is 0 Å². The molecule has 36 heavy (non-hydrogen) atoms. The van der Waals surface area contributed by atoms with Gasteiger partial charge in [0.05, 0.1) is 31.9 Å². The van der Waals surface area contributed by atoms with Crippen molar-refractivity contribution in [3.05, 3.63) is 70.1 Å². The number of nitrogens with zero attached hydrogens (tertiary/aromatic N) is 2. The van der Waals surface area contributed by atoms with E-state index in [0.29, 0.717) is 43.4 Å². The summed E-state index contributed by atoms with van der Waals surface area (Å²) in [4.78, 5) is 26.7. The molecule has 190 valence electrons. The molecule has 0 aliphatic carbocycles. The van der Waals surface area contributed by atoms with E-state index in [4.69, 9.17) is 23.5 Å². The summed E-state index contributed by atoms with van der Waals surface area (Å²) >= 11 is 0. The lowest BCUT2D eigenvalue weighted by Gasteiger charge is -2.29. The number of amides is 1. The first-order valence-electron chi connectivity index (χ1n) is 11.7. The number of fused-ring (bicyclic) bond motifs is 1. The maximum atomic E-state index is 12.7. The van der Waals surface area contributed by atoms with Crippen LogP contribution < -0.4 is 14.2 Å². The summed E-state index contributed by atoms with van der Waals surface area (Å²) in [5.74, 6) is 2.00. The molecule has 0 fully saturated rings. The van der Waals surface area contributed by atoms with Crippen LogP contribution in [-0.2, 0) is 40.3 Å². The zero-order chi connectivity index (χ0) is 25.7. The van der Waals surface area contributed by atoms with Gasteiger partial charge < -0.3 is 28.4 Å². The number of esters is 1. The summed E-state index contributed by atoms with van der Waals surface area (Å²) in [5.41, 5.74) is 4.60. The second kappa shape index (κ2) is 11.2. The van der Waals surface area contributed by atoms with Gasteiger partial charge in [0.1, 0.15) is 18.1 Å². The highest BCUT2D eigenvalue weighted by molar-refractivity contribution is 5.81. The number of aryl methyl sites for hydroxylation is 2. The molecule has 2 heterocycles. The van der Waals surface area contributed by atoms with Crippen molar-refractivity contribution < 1.29 is 33.1 Å². The Morgan fingerprint density at radius 3 is 2.36 bits per heavy atom. The molecular weight excluding hydrogens is 464 g/mol. The van der Waals surface area contributed by atoms with Crippen molar-refractivity contribution in [2.75, 3.05) is 27.4 Å². The minimum absolute atomic E-state index is 0.0667. The SMILES string of the molecule is COc1cc2c(cc1OC)CN(C(=O)COC(=O)Cc1ccc(OCc3c(C)noc3C)cc1)CC2. The Morgan fingerprint density at radius 1 is 1.03 bits per heavy atom. The van der Waals surface area contributed by atoms with Gasteiger partial charge in [-0.05, 0) is 61.2 Å². The van der Waals surface area contributed by atoms with E-state index in [0.717, 1.165) is 33.7 Å². The maximum absolute atomic E-state index is 12.7. The Kier molecular flexibility index (Phi) is 7.77. The number of hydrogen-bond acceptors (Lipinski definition) is 8. The Bertz CT molecular complexity index is 1210. The van der Waals surface area contributed by atoms with Gasteiger partial charge in [0.25, 0.3) is 5.91 Å². The van der Waals surface area contributed by atoms with E-state index in [1.807, 2.05) is 26.0 Å². The highest BCUT2D eigenvalue weighted by Gasteiger charge is 2.23. The third-order valence-corrected chi connectivity index (χ3v) is 6.26. The number of hydrogen-bond donors (Lipinski definition) is 0. The Hall–Kier alpha value is -4.01. The van der Waals surface area contributed by atoms with Gasteiger partial charge in [-0.2, -0.15) is 0 Å². The number of benzene rings is 2. The fraction of sp³-hybridized carbons (Fsp3) is 0.370. The van der Waals surface area contributed by atoms with Crippen molar-refractivity contribution in [2.45, 2.75) is 39.8 Å². The van der Waals surface area contributed by atoms with E-state index in [1.54, 1.807) is 43.4 Å². The maximum Gasteiger partial charge on any atom is 0.310 e. The second-order valence-electron chi connectivity index (χ2n) is 8.61. The van der Waals surface area contributed by atoms with Crippen LogP contribution in [0, 0.1) is 13.8 Å². The highest BCUT2D eigenvalue weighted by Crippen LogP contribution is 2.33. The highest BCUT2D eigenvalue weighted by atomic mass is 16.5. The number of carbonyl (C=O) groups excluding carboxylic acids is 2. The standard InChI is InChI=1S/C27H30N2O7/c1-17-23(18(2)36-28-17)15-34-22-7-5-19(6-8-22)11-27(31)35-16-26(30)29-10-9-20-12-24(32-3)25(33-4)13-21(20)14-29/h5-8,12-13H,9-11,14-16H2,1-4H3. The summed E-state index contributed by atoms with van der Waals surface area (Å²) in [6.07, 6.45) is 0.761. The minimum atomic E-state index is -0.462. The molecule has 3 aromatic rings. The van der Waals surface area contributed by atoms with Gasteiger partial charge in [-0.1, -0.05) is 17.3 Å². The first-order chi connectivity index (χ1) is 17.4. The van der Waals surface area contributed by atoms with Crippen molar-refractivity contribution in [3.8, 4) is 17.2 Å². The fourth-order valence-electron chi connectivity index (χ4n) is 4.11. The molecule has 0 saturated heterocycles. The predicted octanol–water partition coefficient (Wildman–Crippen LogP) is 3.56. The molecule has 1 aromatic heterocycles. The predicted molar refractivity (Wildman–Crippen MR) is 130 cm³/mol. The molecule has 2 aromatic carbocycles. The molecule has 1 amide bonds. The molecule has 0 atom stereocenters. The van der Waals surface area contributed by atoms with Crippen LogP contribution in [0.4, 0.5) is 0 Å². The van der Waals surface area contributed by atoms with Crippen molar-refractivity contribution in [3.63, 3.8) is 0 Å². The Morgan fingerprint density at radius 2 is 1.72 bits per heavy atom. The monoisotopic (exact) mass is 494 g/mol. The van der Waals surface area contributed by atoms with Gasteiger partial charge in [0.2, 0.25) is 0 Å². The summed E-state index contributed by atoms with van der Waals surface area (Å²) in [5, 5.41) is 3.92. The average Bonchev–Trinajstić information content (AvgIpc) is 3.22. The molecule has 1 aliphatic rings. The number of carbonyl (C=O) groups is 2. The van der Waals surface area contributed by atoms with E-state index in [9.17, 15) is 9.59 Å². The molecule has 4 rings (SSSR count). The normalized spacial score (nSPS) is 12.6.